The molecule has 1 aliphatic carbocycles. The minimum atomic E-state index is 0.509. The molecule has 1 saturated carbocycles. The molecule has 1 aromatic carbocycles. The Hall–Kier alpha value is -0.980. The molecule has 0 saturated heterocycles. The quantitative estimate of drug-likeness (QED) is 0.760. The summed E-state index contributed by atoms with van der Waals surface area (Å²) in [4.78, 5) is 0. The van der Waals surface area contributed by atoms with Gasteiger partial charge in [0.15, 0.2) is 0 Å². The lowest BCUT2D eigenvalue weighted by Gasteiger charge is -2.24. The van der Waals surface area contributed by atoms with Gasteiger partial charge in [0, 0.05) is 0 Å². The molecule has 1 N–H and O–H groups in total. The summed E-state index contributed by atoms with van der Waals surface area (Å²) in [6.45, 7) is 4.53. The molecular weight excluding hydrogens is 220 g/mol. The zero-order valence-corrected chi connectivity index (χ0v) is 11.8. The summed E-state index contributed by atoms with van der Waals surface area (Å²) in [5.41, 5.74) is 2.60. The number of rotatable bonds is 4. The van der Waals surface area contributed by atoms with Crippen LogP contribution >= 0.6 is 0 Å². The molecule has 0 radical (unpaired) electrons. The molecular formula is C17H26O. The Kier molecular flexibility index (Phi) is 4.68. The van der Waals surface area contributed by atoms with Crippen LogP contribution in [0.25, 0.3) is 0 Å². The molecule has 0 heterocycles. The van der Waals surface area contributed by atoms with E-state index in [0.29, 0.717) is 17.6 Å². The molecule has 1 nitrogen and oxygen atoms in total. The molecule has 1 fully saturated rings. The van der Waals surface area contributed by atoms with Crippen molar-refractivity contribution >= 4 is 0 Å². The maximum absolute atomic E-state index is 10.1. The van der Waals surface area contributed by atoms with E-state index in [1.165, 1.54) is 56.1 Å². The van der Waals surface area contributed by atoms with E-state index >= 15 is 0 Å². The summed E-state index contributed by atoms with van der Waals surface area (Å²) >= 11 is 0. The molecule has 100 valence electrons. The van der Waals surface area contributed by atoms with Gasteiger partial charge in [0.25, 0.3) is 0 Å². The number of benzene rings is 1. The maximum Gasteiger partial charge on any atom is 0.119 e. The Morgan fingerprint density at radius 2 is 1.94 bits per heavy atom. The topological polar surface area (TPSA) is 20.2 Å². The fourth-order valence-corrected chi connectivity index (χ4v) is 3.22. The largest absolute Gasteiger partial charge is 0.508 e. The number of phenolic OH excluding ortho intramolecular Hbond substituents is 1. The van der Waals surface area contributed by atoms with E-state index in [1.54, 1.807) is 0 Å². The predicted octanol–water partition coefficient (Wildman–Crippen LogP) is 5.34. The first-order valence-electron chi connectivity index (χ1n) is 7.55. The van der Waals surface area contributed by atoms with E-state index in [2.05, 4.69) is 26.0 Å². The van der Waals surface area contributed by atoms with Crippen LogP contribution in [-0.2, 0) is 0 Å². The van der Waals surface area contributed by atoms with Crippen LogP contribution in [-0.4, -0.2) is 5.11 Å². The van der Waals surface area contributed by atoms with Crippen molar-refractivity contribution in [1.29, 1.82) is 0 Å². The molecule has 1 aliphatic rings. The van der Waals surface area contributed by atoms with Gasteiger partial charge in [-0.2, -0.15) is 0 Å². The molecule has 0 bridgehead atoms. The fraction of sp³-hybridized carbons (Fsp3) is 0.647. The van der Waals surface area contributed by atoms with E-state index < -0.39 is 0 Å². The van der Waals surface area contributed by atoms with Crippen LogP contribution in [0.15, 0.2) is 18.2 Å². The van der Waals surface area contributed by atoms with Crippen molar-refractivity contribution in [1.82, 2.24) is 0 Å². The zero-order valence-electron chi connectivity index (χ0n) is 11.8. The molecule has 1 aromatic rings. The van der Waals surface area contributed by atoms with E-state index in [0.717, 1.165) is 0 Å². The highest BCUT2D eigenvalue weighted by Gasteiger charge is 2.19. The first-order valence-corrected chi connectivity index (χ1v) is 7.55. The second-order valence-electron chi connectivity index (χ2n) is 5.84. The van der Waals surface area contributed by atoms with Gasteiger partial charge >= 0.3 is 0 Å². The highest BCUT2D eigenvalue weighted by atomic mass is 16.3. The van der Waals surface area contributed by atoms with Crippen LogP contribution in [0.3, 0.4) is 0 Å². The van der Waals surface area contributed by atoms with Crippen molar-refractivity contribution < 1.29 is 5.11 Å². The molecule has 0 aliphatic heterocycles. The first-order chi connectivity index (χ1) is 8.72. The normalized spacial score (nSPS) is 18.8. The van der Waals surface area contributed by atoms with Crippen LogP contribution < -0.4 is 0 Å². The zero-order chi connectivity index (χ0) is 13.0. The first kappa shape index (κ1) is 13.5. The van der Waals surface area contributed by atoms with Gasteiger partial charge in [0.1, 0.15) is 5.75 Å². The highest BCUT2D eigenvalue weighted by Crippen LogP contribution is 2.38. The van der Waals surface area contributed by atoms with E-state index in [1.807, 2.05) is 6.07 Å². The predicted molar refractivity (Wildman–Crippen MR) is 77.3 cm³/mol. The Bertz CT molecular complexity index is 377. The van der Waals surface area contributed by atoms with Crippen LogP contribution in [0, 0.1) is 0 Å². The Morgan fingerprint density at radius 1 is 1.22 bits per heavy atom. The number of phenols is 1. The molecule has 2 rings (SSSR count). The van der Waals surface area contributed by atoms with E-state index in [4.69, 9.17) is 0 Å². The van der Waals surface area contributed by atoms with Gasteiger partial charge in [0.2, 0.25) is 0 Å². The van der Waals surface area contributed by atoms with Gasteiger partial charge in [-0.25, -0.2) is 0 Å². The van der Waals surface area contributed by atoms with Crippen LogP contribution in [0.5, 0.6) is 5.75 Å². The van der Waals surface area contributed by atoms with E-state index in [-0.39, 0.29) is 0 Å². The molecule has 1 unspecified atom stereocenters. The Morgan fingerprint density at radius 3 is 2.61 bits per heavy atom. The Balaban J connectivity index is 2.20. The average Bonchev–Trinajstić information content (AvgIpc) is 2.40. The minimum Gasteiger partial charge on any atom is -0.508 e. The second-order valence-corrected chi connectivity index (χ2v) is 5.84. The SMILES string of the molecule is CCCC(C)c1ccc(O)c(C2CCCCC2)c1. The molecule has 0 aromatic heterocycles. The molecule has 1 heteroatoms. The van der Waals surface area contributed by atoms with Gasteiger partial charge in [-0.3, -0.25) is 0 Å². The van der Waals surface area contributed by atoms with Crippen molar-refractivity contribution in [3.63, 3.8) is 0 Å². The summed E-state index contributed by atoms with van der Waals surface area (Å²) in [6, 6.07) is 6.28. The number of aromatic hydroxyl groups is 1. The summed E-state index contributed by atoms with van der Waals surface area (Å²) in [6.07, 6.45) is 8.95. The van der Waals surface area contributed by atoms with Crippen LogP contribution in [0.2, 0.25) is 0 Å². The minimum absolute atomic E-state index is 0.509. The monoisotopic (exact) mass is 246 g/mol. The van der Waals surface area contributed by atoms with Crippen molar-refractivity contribution in [2.75, 3.05) is 0 Å². The van der Waals surface area contributed by atoms with Gasteiger partial charge in [0.05, 0.1) is 0 Å². The molecule has 1 atom stereocenters. The van der Waals surface area contributed by atoms with Crippen molar-refractivity contribution in [2.45, 2.75) is 70.6 Å². The third-order valence-electron chi connectivity index (χ3n) is 4.39. The van der Waals surface area contributed by atoms with E-state index in [9.17, 15) is 5.11 Å². The third kappa shape index (κ3) is 3.07. The molecule has 0 amide bonds. The highest BCUT2D eigenvalue weighted by molar-refractivity contribution is 5.40. The fourth-order valence-electron chi connectivity index (χ4n) is 3.22. The number of hydrogen-bond donors (Lipinski definition) is 1. The van der Waals surface area contributed by atoms with Gasteiger partial charge in [-0.1, -0.05) is 51.7 Å². The van der Waals surface area contributed by atoms with Gasteiger partial charge in [-0.15, -0.1) is 0 Å². The van der Waals surface area contributed by atoms with Gasteiger partial charge < -0.3 is 5.11 Å². The Labute approximate surface area is 111 Å². The standard InChI is InChI=1S/C17H26O/c1-3-7-13(2)15-10-11-17(18)16(12-15)14-8-5-4-6-9-14/h10-14,18H,3-9H2,1-2H3. The number of hydrogen-bond acceptors (Lipinski definition) is 1. The molecule has 0 spiro atoms. The summed E-state index contributed by atoms with van der Waals surface area (Å²) in [7, 11) is 0. The smallest absolute Gasteiger partial charge is 0.119 e. The molecule has 18 heavy (non-hydrogen) atoms. The second kappa shape index (κ2) is 6.26. The summed E-state index contributed by atoms with van der Waals surface area (Å²) < 4.78 is 0. The summed E-state index contributed by atoms with van der Waals surface area (Å²) in [5.74, 6) is 1.71. The van der Waals surface area contributed by atoms with Crippen molar-refractivity contribution in [3.8, 4) is 5.75 Å². The van der Waals surface area contributed by atoms with Crippen LogP contribution in [0.4, 0.5) is 0 Å². The lowest BCUT2D eigenvalue weighted by molar-refractivity contribution is 0.413. The lowest BCUT2D eigenvalue weighted by Crippen LogP contribution is -2.06. The van der Waals surface area contributed by atoms with Crippen molar-refractivity contribution in [2.24, 2.45) is 0 Å². The van der Waals surface area contributed by atoms with Crippen LogP contribution in [0.1, 0.15) is 81.8 Å². The third-order valence-corrected chi connectivity index (χ3v) is 4.39. The summed E-state index contributed by atoms with van der Waals surface area (Å²) in [5, 5.41) is 10.1. The van der Waals surface area contributed by atoms with Crippen molar-refractivity contribution in [3.05, 3.63) is 29.3 Å². The maximum atomic E-state index is 10.1. The lowest BCUT2D eigenvalue weighted by atomic mass is 9.82. The average molecular weight is 246 g/mol. The van der Waals surface area contributed by atoms with Gasteiger partial charge in [-0.05, 0) is 48.3 Å².